The molecule has 5 nitrogen and oxygen atoms in total. The Morgan fingerprint density at radius 2 is 2.33 bits per heavy atom. The number of aliphatic hydroxyl groups excluding tert-OH is 1. The Morgan fingerprint density at radius 3 is 3.06 bits per heavy atom. The summed E-state index contributed by atoms with van der Waals surface area (Å²) in [6, 6.07) is 3.09. The van der Waals surface area contributed by atoms with E-state index in [2.05, 4.69) is 15.6 Å². The molecule has 18 heavy (non-hydrogen) atoms. The van der Waals surface area contributed by atoms with E-state index in [-0.39, 0.29) is 17.8 Å². The van der Waals surface area contributed by atoms with Crippen LogP contribution in [-0.4, -0.2) is 40.8 Å². The van der Waals surface area contributed by atoms with E-state index >= 15 is 0 Å². The zero-order valence-corrected chi connectivity index (χ0v) is 11.4. The van der Waals surface area contributed by atoms with Crippen molar-refractivity contribution in [2.24, 2.45) is 0 Å². The van der Waals surface area contributed by atoms with Gasteiger partial charge in [-0.3, -0.25) is 0 Å². The van der Waals surface area contributed by atoms with Gasteiger partial charge in [0.2, 0.25) is 0 Å². The fraction of sp³-hybridized carbons (Fsp3) is 0.455. The predicted octanol–water partition coefficient (Wildman–Crippen LogP) is 1.97. The third kappa shape index (κ3) is 6.09. The zero-order chi connectivity index (χ0) is 13.2. The highest BCUT2D eigenvalue weighted by Crippen LogP contribution is 2.16. The fourth-order valence-corrected chi connectivity index (χ4v) is 2.10. The second-order valence-corrected chi connectivity index (χ2v) is 4.99. The molecule has 0 aromatic carbocycles. The van der Waals surface area contributed by atoms with Crippen molar-refractivity contribution < 1.29 is 9.90 Å². The minimum Gasteiger partial charge on any atom is -0.396 e. The Balaban J connectivity index is 2.16. The van der Waals surface area contributed by atoms with E-state index in [4.69, 9.17) is 16.7 Å². The summed E-state index contributed by atoms with van der Waals surface area (Å²) in [6.07, 6.45) is 2.34. The maximum absolute atomic E-state index is 11.5. The smallest absolute Gasteiger partial charge is 0.319 e. The van der Waals surface area contributed by atoms with Gasteiger partial charge in [-0.05, 0) is 24.3 Å². The van der Waals surface area contributed by atoms with Crippen LogP contribution in [0.5, 0.6) is 0 Å². The average Bonchev–Trinajstić information content (AvgIpc) is 2.36. The average molecular weight is 290 g/mol. The van der Waals surface area contributed by atoms with E-state index in [1.807, 2.05) is 0 Å². The number of hydrogen-bond acceptors (Lipinski definition) is 4. The summed E-state index contributed by atoms with van der Waals surface area (Å²) in [7, 11) is 0. The van der Waals surface area contributed by atoms with Crippen LogP contribution in [-0.2, 0) is 0 Å². The van der Waals surface area contributed by atoms with Crippen LogP contribution in [0.2, 0.25) is 5.15 Å². The van der Waals surface area contributed by atoms with Gasteiger partial charge in [0.25, 0.3) is 0 Å². The standard InChI is InChI=1S/C11H16ClN3O2S/c12-10-9(3-1-4-13-10)15-11(17)14-5-8-18-7-2-6-16/h1,3-4,16H,2,5-8H2,(H2,14,15,17). The molecule has 0 atom stereocenters. The van der Waals surface area contributed by atoms with Crippen molar-refractivity contribution >= 4 is 35.1 Å². The number of urea groups is 1. The molecule has 2 amide bonds. The molecule has 1 aromatic rings. The van der Waals surface area contributed by atoms with Crippen LogP contribution in [0, 0.1) is 0 Å². The van der Waals surface area contributed by atoms with E-state index in [0.717, 1.165) is 17.9 Å². The first kappa shape index (κ1) is 15.1. The van der Waals surface area contributed by atoms with Gasteiger partial charge in [-0.25, -0.2) is 9.78 Å². The van der Waals surface area contributed by atoms with Crippen molar-refractivity contribution in [1.82, 2.24) is 10.3 Å². The van der Waals surface area contributed by atoms with E-state index in [0.29, 0.717) is 12.2 Å². The van der Waals surface area contributed by atoms with Crippen LogP contribution in [0.15, 0.2) is 18.3 Å². The molecule has 0 spiro atoms. The maximum atomic E-state index is 11.5. The van der Waals surface area contributed by atoms with Crippen LogP contribution in [0.4, 0.5) is 10.5 Å². The molecule has 0 radical (unpaired) electrons. The minimum absolute atomic E-state index is 0.209. The number of carbonyl (C=O) groups excluding carboxylic acids is 1. The molecular weight excluding hydrogens is 274 g/mol. The second kappa shape index (κ2) is 9.02. The molecule has 0 fully saturated rings. The Bertz CT molecular complexity index is 379. The lowest BCUT2D eigenvalue weighted by atomic mass is 10.4. The predicted molar refractivity (Wildman–Crippen MR) is 75.3 cm³/mol. The van der Waals surface area contributed by atoms with Crippen LogP contribution >= 0.6 is 23.4 Å². The number of pyridine rings is 1. The number of anilines is 1. The van der Waals surface area contributed by atoms with Gasteiger partial charge < -0.3 is 15.7 Å². The molecule has 1 aromatic heterocycles. The quantitative estimate of drug-likeness (QED) is 0.530. The first-order valence-electron chi connectivity index (χ1n) is 5.58. The molecule has 0 bridgehead atoms. The lowest BCUT2D eigenvalue weighted by Crippen LogP contribution is -2.30. The van der Waals surface area contributed by atoms with E-state index < -0.39 is 0 Å². The van der Waals surface area contributed by atoms with Crippen molar-refractivity contribution in [3.8, 4) is 0 Å². The molecule has 0 aliphatic carbocycles. The van der Waals surface area contributed by atoms with Crippen molar-refractivity contribution in [3.63, 3.8) is 0 Å². The molecule has 0 saturated carbocycles. The van der Waals surface area contributed by atoms with Crippen LogP contribution < -0.4 is 10.6 Å². The minimum atomic E-state index is -0.298. The summed E-state index contributed by atoms with van der Waals surface area (Å²) in [5.74, 6) is 1.71. The van der Waals surface area contributed by atoms with Gasteiger partial charge in [-0.2, -0.15) is 11.8 Å². The Morgan fingerprint density at radius 1 is 1.50 bits per heavy atom. The third-order valence-corrected chi connectivity index (χ3v) is 3.36. The molecule has 100 valence electrons. The number of aliphatic hydroxyl groups is 1. The van der Waals surface area contributed by atoms with Gasteiger partial charge in [0, 0.05) is 25.1 Å². The molecule has 3 N–H and O–H groups in total. The summed E-state index contributed by atoms with van der Waals surface area (Å²) in [6.45, 7) is 0.778. The number of nitrogens with one attached hydrogen (secondary N) is 2. The Labute approximate surface area is 115 Å². The number of hydrogen-bond donors (Lipinski definition) is 3. The first-order valence-corrected chi connectivity index (χ1v) is 7.11. The van der Waals surface area contributed by atoms with Crippen LogP contribution in [0.3, 0.4) is 0 Å². The molecule has 1 rings (SSSR count). The van der Waals surface area contributed by atoms with Crippen molar-refractivity contribution in [1.29, 1.82) is 0 Å². The number of amides is 2. The number of thioether (sulfide) groups is 1. The molecular formula is C11H16ClN3O2S. The van der Waals surface area contributed by atoms with Crippen molar-refractivity contribution in [2.45, 2.75) is 6.42 Å². The Hall–Kier alpha value is -0.980. The molecule has 7 heteroatoms. The summed E-state index contributed by atoms with van der Waals surface area (Å²) in [5.41, 5.74) is 0.490. The topological polar surface area (TPSA) is 74.2 Å². The van der Waals surface area contributed by atoms with Crippen LogP contribution in [0.25, 0.3) is 0 Å². The van der Waals surface area contributed by atoms with Crippen molar-refractivity contribution in [2.75, 3.05) is 30.0 Å². The largest absolute Gasteiger partial charge is 0.396 e. The monoisotopic (exact) mass is 289 g/mol. The second-order valence-electron chi connectivity index (χ2n) is 3.41. The van der Waals surface area contributed by atoms with Gasteiger partial charge in [0.05, 0.1) is 5.69 Å². The normalized spacial score (nSPS) is 10.1. The van der Waals surface area contributed by atoms with Crippen LogP contribution in [0.1, 0.15) is 6.42 Å². The van der Waals surface area contributed by atoms with Gasteiger partial charge in [-0.1, -0.05) is 11.6 Å². The lowest BCUT2D eigenvalue weighted by Gasteiger charge is -2.08. The van der Waals surface area contributed by atoms with E-state index in [1.165, 1.54) is 0 Å². The zero-order valence-electron chi connectivity index (χ0n) is 9.86. The van der Waals surface area contributed by atoms with E-state index in [1.54, 1.807) is 30.1 Å². The summed E-state index contributed by atoms with van der Waals surface area (Å²) in [4.78, 5) is 15.4. The molecule has 0 aliphatic rings. The highest BCUT2D eigenvalue weighted by molar-refractivity contribution is 7.99. The maximum Gasteiger partial charge on any atom is 0.319 e. The molecule has 0 unspecified atom stereocenters. The number of aromatic nitrogens is 1. The number of halogens is 1. The number of rotatable bonds is 7. The summed E-state index contributed by atoms with van der Waals surface area (Å²) < 4.78 is 0. The third-order valence-electron chi connectivity index (χ3n) is 1.99. The molecule has 1 heterocycles. The summed E-state index contributed by atoms with van der Waals surface area (Å²) in [5, 5.41) is 14.2. The Kier molecular flexibility index (Phi) is 7.55. The number of carbonyl (C=O) groups is 1. The first-order chi connectivity index (χ1) is 8.74. The van der Waals surface area contributed by atoms with Gasteiger partial charge in [0.1, 0.15) is 0 Å². The SMILES string of the molecule is O=C(NCCSCCCO)Nc1cccnc1Cl. The van der Waals surface area contributed by atoms with Gasteiger partial charge in [0.15, 0.2) is 5.15 Å². The fourth-order valence-electron chi connectivity index (χ4n) is 1.15. The van der Waals surface area contributed by atoms with Gasteiger partial charge in [-0.15, -0.1) is 0 Å². The van der Waals surface area contributed by atoms with E-state index in [9.17, 15) is 4.79 Å². The number of nitrogens with zero attached hydrogens (tertiary/aromatic N) is 1. The lowest BCUT2D eigenvalue weighted by molar-refractivity contribution is 0.252. The summed E-state index contributed by atoms with van der Waals surface area (Å²) >= 11 is 7.49. The van der Waals surface area contributed by atoms with Crippen molar-refractivity contribution in [3.05, 3.63) is 23.5 Å². The molecule has 0 saturated heterocycles. The highest BCUT2D eigenvalue weighted by Gasteiger charge is 2.04. The molecule has 0 aliphatic heterocycles. The highest BCUT2D eigenvalue weighted by atomic mass is 35.5. The van der Waals surface area contributed by atoms with Gasteiger partial charge >= 0.3 is 6.03 Å².